The van der Waals surface area contributed by atoms with Gasteiger partial charge in [-0.25, -0.2) is 4.39 Å². The predicted octanol–water partition coefficient (Wildman–Crippen LogP) is 1.83. The number of hydrogen-bond acceptors (Lipinski definition) is 4. The van der Waals surface area contributed by atoms with E-state index in [9.17, 15) is 32.3 Å². The summed E-state index contributed by atoms with van der Waals surface area (Å²) in [5.41, 5.74) is -1.18. The van der Waals surface area contributed by atoms with Gasteiger partial charge in [0.15, 0.2) is 0 Å². The number of Topliss-reactive ketones (excluding diaryl/α,β-unsaturated/α-hetero) is 1. The Morgan fingerprint density at radius 3 is 1.93 bits per heavy atom. The van der Waals surface area contributed by atoms with E-state index in [1.807, 2.05) is 5.32 Å². The third-order valence-corrected chi connectivity index (χ3v) is 6.20. The summed E-state index contributed by atoms with van der Waals surface area (Å²) in [5.74, 6) is -4.79. The van der Waals surface area contributed by atoms with E-state index in [1.54, 1.807) is 0 Å². The molecule has 2 aliphatic carbocycles. The summed E-state index contributed by atoms with van der Waals surface area (Å²) in [6, 6.07) is -1.64. The van der Waals surface area contributed by atoms with Gasteiger partial charge in [-0.05, 0) is 46.0 Å². The lowest BCUT2D eigenvalue weighted by atomic mass is 9.73. The van der Waals surface area contributed by atoms with Crippen LogP contribution in [0.2, 0.25) is 0 Å². The van der Waals surface area contributed by atoms with Gasteiger partial charge in [0.1, 0.15) is 22.7 Å². The minimum atomic E-state index is -4.89. The van der Waals surface area contributed by atoms with Crippen molar-refractivity contribution in [1.82, 2.24) is 10.6 Å². The molecule has 0 bridgehead atoms. The molecule has 2 fully saturated rings. The topological polar surface area (TPSA) is 118 Å². The van der Waals surface area contributed by atoms with Crippen LogP contribution in [0.1, 0.15) is 65.2 Å². The molecule has 0 aromatic rings. The van der Waals surface area contributed by atoms with Crippen LogP contribution in [0.4, 0.5) is 17.6 Å². The molecule has 0 aromatic carbocycles. The molecule has 3 amide bonds. The Hall–Kier alpha value is -2.20. The molecule has 0 spiro atoms. The number of amides is 3. The summed E-state index contributed by atoms with van der Waals surface area (Å²) in [4.78, 5) is 48.6. The molecule has 0 unspecified atom stereocenters. The van der Waals surface area contributed by atoms with E-state index in [4.69, 9.17) is 5.73 Å². The molecule has 7 nitrogen and oxygen atoms in total. The van der Waals surface area contributed by atoms with Crippen molar-refractivity contribution in [2.24, 2.45) is 11.1 Å². The van der Waals surface area contributed by atoms with Crippen molar-refractivity contribution in [1.29, 1.82) is 0 Å². The van der Waals surface area contributed by atoms with Gasteiger partial charge in [0.05, 0.1) is 0 Å². The molecule has 1 atom stereocenters. The highest BCUT2D eigenvalue weighted by atomic mass is 19.4. The minimum Gasteiger partial charge on any atom is -0.363 e. The molecule has 0 radical (unpaired) electrons. The number of nitrogens with one attached hydrogen (secondary N) is 2. The van der Waals surface area contributed by atoms with Gasteiger partial charge >= 0.3 is 6.18 Å². The fourth-order valence-corrected chi connectivity index (χ4v) is 3.75. The summed E-state index contributed by atoms with van der Waals surface area (Å²) in [7, 11) is 0. The third kappa shape index (κ3) is 4.75. The van der Waals surface area contributed by atoms with Gasteiger partial charge in [-0.2, -0.15) is 13.2 Å². The highest BCUT2D eigenvalue weighted by Gasteiger charge is 2.54. The van der Waals surface area contributed by atoms with Gasteiger partial charge in [0, 0.05) is 6.42 Å². The van der Waals surface area contributed by atoms with E-state index in [0.29, 0.717) is 33.1 Å². The van der Waals surface area contributed by atoms with Gasteiger partial charge in [-0.1, -0.05) is 12.8 Å². The molecule has 0 saturated heterocycles. The smallest absolute Gasteiger partial charge is 0.363 e. The lowest BCUT2D eigenvalue weighted by molar-refractivity contribution is -0.212. The quantitative estimate of drug-likeness (QED) is 0.397. The van der Waals surface area contributed by atoms with E-state index < -0.39 is 58.8 Å². The SMILES string of the molecule is CC(C)(C(=O)N[C@@H](CC1(F)CCCC1)C(=O)NC1(C(=O)C(N)=O)CCC1)C(F)(F)F. The fourth-order valence-electron chi connectivity index (χ4n) is 3.75. The van der Waals surface area contributed by atoms with Crippen molar-refractivity contribution in [3.63, 3.8) is 0 Å². The Morgan fingerprint density at radius 1 is 1.00 bits per heavy atom. The largest absolute Gasteiger partial charge is 0.402 e. The molecule has 0 heterocycles. The number of rotatable bonds is 8. The molecule has 2 rings (SSSR count). The van der Waals surface area contributed by atoms with Crippen LogP contribution in [0.15, 0.2) is 0 Å². The second-order valence-corrected chi connectivity index (χ2v) is 8.83. The zero-order chi connectivity index (χ0) is 23.0. The second-order valence-electron chi connectivity index (χ2n) is 8.83. The lowest BCUT2D eigenvalue weighted by Crippen LogP contribution is -2.66. The number of halogens is 4. The first-order valence-corrected chi connectivity index (χ1v) is 9.86. The number of primary amides is 1. The van der Waals surface area contributed by atoms with Crippen LogP contribution in [0.3, 0.4) is 0 Å². The zero-order valence-corrected chi connectivity index (χ0v) is 17.0. The number of ketones is 1. The normalized spacial score (nSPS) is 21.3. The van der Waals surface area contributed by atoms with Gasteiger partial charge in [-0.15, -0.1) is 0 Å². The summed E-state index contributed by atoms with van der Waals surface area (Å²) >= 11 is 0. The summed E-state index contributed by atoms with van der Waals surface area (Å²) in [6.45, 7) is 1.31. The Kier molecular flexibility index (Phi) is 6.54. The number of nitrogens with two attached hydrogens (primary N) is 1. The first kappa shape index (κ1) is 24.1. The van der Waals surface area contributed by atoms with Gasteiger partial charge < -0.3 is 16.4 Å². The molecule has 2 aliphatic rings. The van der Waals surface area contributed by atoms with Crippen LogP contribution < -0.4 is 16.4 Å². The Bertz CT molecular complexity index is 726. The third-order valence-electron chi connectivity index (χ3n) is 6.20. The molecule has 11 heteroatoms. The van der Waals surface area contributed by atoms with E-state index in [0.717, 1.165) is 0 Å². The molecule has 0 aromatic heterocycles. The highest BCUT2D eigenvalue weighted by Crippen LogP contribution is 2.40. The van der Waals surface area contributed by atoms with Crippen LogP contribution in [0, 0.1) is 5.41 Å². The molecule has 4 N–H and O–H groups in total. The monoisotopic (exact) mass is 437 g/mol. The minimum absolute atomic E-state index is 0.112. The van der Waals surface area contributed by atoms with Crippen molar-refractivity contribution in [3.05, 3.63) is 0 Å². The highest BCUT2D eigenvalue weighted by molar-refractivity contribution is 6.39. The molecule has 170 valence electrons. The van der Waals surface area contributed by atoms with Crippen molar-refractivity contribution >= 4 is 23.5 Å². The first-order chi connectivity index (χ1) is 13.6. The maximum Gasteiger partial charge on any atom is 0.402 e. The van der Waals surface area contributed by atoms with Crippen molar-refractivity contribution in [2.75, 3.05) is 0 Å². The van der Waals surface area contributed by atoms with Gasteiger partial charge in [0.2, 0.25) is 17.6 Å². The Labute approximate surface area is 171 Å². The lowest BCUT2D eigenvalue weighted by Gasteiger charge is -2.41. The van der Waals surface area contributed by atoms with Crippen LogP contribution >= 0.6 is 0 Å². The van der Waals surface area contributed by atoms with E-state index in [2.05, 4.69) is 5.32 Å². The summed E-state index contributed by atoms with van der Waals surface area (Å²) in [5, 5.41) is 4.36. The number of carbonyl (C=O) groups excluding carboxylic acids is 4. The molecular formula is C19H27F4N3O4. The average molecular weight is 437 g/mol. The summed E-state index contributed by atoms with van der Waals surface area (Å²) < 4.78 is 54.7. The van der Waals surface area contributed by atoms with E-state index >= 15 is 4.39 Å². The predicted molar refractivity (Wildman–Crippen MR) is 97.6 cm³/mol. The average Bonchev–Trinajstić information content (AvgIpc) is 3.01. The standard InChI is InChI=1S/C19H27F4N3O4/c1-16(2,19(21,22)23)15(30)25-11(10-17(20)6-3-4-7-17)14(29)26-18(8-5-9-18)12(27)13(24)28/h11H,3-10H2,1-2H3,(H2,24,28)(H,25,30)(H,26,29)/t11-/m0/s1. The van der Waals surface area contributed by atoms with Crippen LogP contribution in [-0.4, -0.2) is 46.9 Å². The number of hydrogen-bond donors (Lipinski definition) is 3. The van der Waals surface area contributed by atoms with Gasteiger partial charge in [-0.3, -0.25) is 19.2 Å². The maximum atomic E-state index is 15.0. The van der Waals surface area contributed by atoms with E-state index in [-0.39, 0.29) is 25.7 Å². The molecule has 2 saturated carbocycles. The fraction of sp³-hybridized carbons (Fsp3) is 0.789. The number of carbonyl (C=O) groups is 4. The van der Waals surface area contributed by atoms with Crippen LogP contribution in [-0.2, 0) is 19.2 Å². The van der Waals surface area contributed by atoms with Crippen molar-refractivity contribution in [2.45, 2.75) is 88.6 Å². The second kappa shape index (κ2) is 8.14. The Balaban J connectivity index is 2.24. The first-order valence-electron chi connectivity index (χ1n) is 9.86. The molecule has 0 aliphatic heterocycles. The van der Waals surface area contributed by atoms with Crippen LogP contribution in [0.5, 0.6) is 0 Å². The maximum absolute atomic E-state index is 15.0. The molecular weight excluding hydrogens is 410 g/mol. The summed E-state index contributed by atoms with van der Waals surface area (Å²) in [6.07, 6.45) is -3.33. The van der Waals surface area contributed by atoms with E-state index in [1.165, 1.54) is 0 Å². The zero-order valence-electron chi connectivity index (χ0n) is 17.0. The van der Waals surface area contributed by atoms with Crippen molar-refractivity contribution < 1.29 is 36.7 Å². The molecule has 30 heavy (non-hydrogen) atoms. The van der Waals surface area contributed by atoms with Crippen LogP contribution in [0.25, 0.3) is 0 Å². The Morgan fingerprint density at radius 2 is 1.53 bits per heavy atom. The van der Waals surface area contributed by atoms with Gasteiger partial charge in [0.25, 0.3) is 5.91 Å². The number of alkyl halides is 4. The van der Waals surface area contributed by atoms with Crippen molar-refractivity contribution in [3.8, 4) is 0 Å².